The molecule has 0 saturated carbocycles. The number of fused-ring (bicyclic) bond motifs is 1. The van der Waals surface area contributed by atoms with Gasteiger partial charge < -0.3 is 25.4 Å². The Bertz CT molecular complexity index is 491. The number of nitrogens with two attached hydrogens (primary N) is 1. The Morgan fingerprint density at radius 2 is 2.17 bits per heavy atom. The highest BCUT2D eigenvalue weighted by atomic mass is 19.1. The SMILES string of the molecule is NC(Cc1c(O)c(F)cc2c1OCCO2)C(=O)O. The molecule has 0 radical (unpaired) electrons. The molecule has 0 saturated heterocycles. The van der Waals surface area contributed by atoms with Gasteiger partial charge in [-0.3, -0.25) is 4.79 Å². The van der Waals surface area contributed by atoms with Crippen LogP contribution in [-0.2, 0) is 11.2 Å². The molecule has 1 aliphatic rings. The second-order valence-electron chi connectivity index (χ2n) is 3.86. The van der Waals surface area contributed by atoms with E-state index < -0.39 is 23.6 Å². The average molecular weight is 257 g/mol. The third-order valence-electron chi connectivity index (χ3n) is 2.60. The van der Waals surface area contributed by atoms with Gasteiger partial charge in [0.1, 0.15) is 19.3 Å². The maximum Gasteiger partial charge on any atom is 0.320 e. The van der Waals surface area contributed by atoms with Crippen molar-refractivity contribution >= 4 is 5.97 Å². The molecule has 18 heavy (non-hydrogen) atoms. The van der Waals surface area contributed by atoms with Gasteiger partial charge in [0.05, 0.1) is 0 Å². The number of hydrogen-bond acceptors (Lipinski definition) is 5. The number of hydrogen-bond donors (Lipinski definition) is 3. The predicted molar refractivity (Wildman–Crippen MR) is 58.4 cm³/mol. The number of aliphatic carboxylic acids is 1. The van der Waals surface area contributed by atoms with Gasteiger partial charge >= 0.3 is 5.97 Å². The van der Waals surface area contributed by atoms with Crippen molar-refractivity contribution in [2.24, 2.45) is 5.73 Å². The number of benzene rings is 1. The van der Waals surface area contributed by atoms with Crippen molar-refractivity contribution in [1.82, 2.24) is 0 Å². The molecule has 0 bridgehead atoms. The first kappa shape index (κ1) is 12.4. The Hall–Kier alpha value is -2.02. The van der Waals surface area contributed by atoms with Crippen molar-refractivity contribution in [2.75, 3.05) is 13.2 Å². The van der Waals surface area contributed by atoms with E-state index in [1.807, 2.05) is 0 Å². The molecule has 98 valence electrons. The van der Waals surface area contributed by atoms with E-state index in [0.29, 0.717) is 0 Å². The zero-order valence-electron chi connectivity index (χ0n) is 9.35. The van der Waals surface area contributed by atoms with Gasteiger partial charge in [-0.15, -0.1) is 0 Å². The van der Waals surface area contributed by atoms with Gasteiger partial charge in [-0.05, 0) is 0 Å². The molecule has 1 heterocycles. The highest BCUT2D eigenvalue weighted by molar-refractivity contribution is 5.74. The molecule has 0 aliphatic carbocycles. The molecule has 1 aromatic rings. The molecule has 7 heteroatoms. The zero-order valence-corrected chi connectivity index (χ0v) is 9.35. The summed E-state index contributed by atoms with van der Waals surface area (Å²) in [6.07, 6.45) is -0.245. The summed E-state index contributed by atoms with van der Waals surface area (Å²) in [5.74, 6) is -2.51. The largest absolute Gasteiger partial charge is 0.505 e. The van der Waals surface area contributed by atoms with Gasteiger partial charge in [0.15, 0.2) is 23.1 Å². The van der Waals surface area contributed by atoms with Gasteiger partial charge in [0.2, 0.25) is 0 Å². The molecule has 1 aliphatic heterocycles. The minimum atomic E-state index is -1.26. The summed E-state index contributed by atoms with van der Waals surface area (Å²) in [5.41, 5.74) is 5.38. The highest BCUT2D eigenvalue weighted by Gasteiger charge is 2.26. The van der Waals surface area contributed by atoms with E-state index >= 15 is 0 Å². The molecule has 0 spiro atoms. The predicted octanol–water partition coefficient (Wildman–Crippen LogP) is 0.257. The van der Waals surface area contributed by atoms with E-state index in [0.717, 1.165) is 6.07 Å². The van der Waals surface area contributed by atoms with Crippen LogP contribution in [-0.4, -0.2) is 35.4 Å². The summed E-state index contributed by atoms with van der Waals surface area (Å²) in [5, 5.41) is 18.4. The van der Waals surface area contributed by atoms with Crippen LogP contribution in [0.4, 0.5) is 4.39 Å². The Morgan fingerprint density at radius 3 is 2.83 bits per heavy atom. The molecule has 2 rings (SSSR count). The van der Waals surface area contributed by atoms with E-state index in [-0.39, 0.29) is 36.7 Å². The quantitative estimate of drug-likeness (QED) is 0.717. The Labute approximate surface area is 102 Å². The molecular weight excluding hydrogens is 245 g/mol. The van der Waals surface area contributed by atoms with Crippen LogP contribution in [0.25, 0.3) is 0 Å². The number of carboxylic acids is 1. The third kappa shape index (κ3) is 2.17. The van der Waals surface area contributed by atoms with Gasteiger partial charge in [0, 0.05) is 18.1 Å². The summed E-state index contributed by atoms with van der Waals surface area (Å²) < 4.78 is 23.9. The first-order valence-electron chi connectivity index (χ1n) is 5.29. The minimum Gasteiger partial charge on any atom is -0.505 e. The second-order valence-corrected chi connectivity index (χ2v) is 3.86. The van der Waals surface area contributed by atoms with Crippen LogP contribution in [0, 0.1) is 5.82 Å². The fourth-order valence-corrected chi connectivity index (χ4v) is 1.71. The monoisotopic (exact) mass is 257 g/mol. The summed E-state index contributed by atoms with van der Waals surface area (Å²) >= 11 is 0. The van der Waals surface area contributed by atoms with E-state index in [1.165, 1.54) is 0 Å². The van der Waals surface area contributed by atoms with Gasteiger partial charge in [-0.2, -0.15) is 0 Å². The van der Waals surface area contributed by atoms with Crippen LogP contribution in [0.3, 0.4) is 0 Å². The lowest BCUT2D eigenvalue weighted by atomic mass is 10.0. The average Bonchev–Trinajstić information content (AvgIpc) is 2.34. The van der Waals surface area contributed by atoms with Gasteiger partial charge in [-0.1, -0.05) is 0 Å². The smallest absolute Gasteiger partial charge is 0.320 e. The summed E-state index contributed by atoms with van der Waals surface area (Å²) in [4.78, 5) is 10.7. The topological polar surface area (TPSA) is 102 Å². The van der Waals surface area contributed by atoms with Crippen LogP contribution >= 0.6 is 0 Å². The Morgan fingerprint density at radius 1 is 1.50 bits per heavy atom. The molecule has 1 aromatic carbocycles. The first-order valence-corrected chi connectivity index (χ1v) is 5.29. The second kappa shape index (κ2) is 4.69. The zero-order chi connectivity index (χ0) is 13.3. The molecule has 0 aromatic heterocycles. The van der Waals surface area contributed by atoms with Crippen LogP contribution < -0.4 is 15.2 Å². The molecule has 6 nitrogen and oxygen atoms in total. The summed E-state index contributed by atoms with van der Waals surface area (Å²) in [6, 6.07) is -0.257. The highest BCUT2D eigenvalue weighted by Crippen LogP contribution is 2.41. The Kier molecular flexibility index (Phi) is 3.24. The van der Waals surface area contributed by atoms with E-state index in [9.17, 15) is 14.3 Å². The van der Waals surface area contributed by atoms with Crippen molar-refractivity contribution in [1.29, 1.82) is 0 Å². The van der Waals surface area contributed by atoms with Crippen LogP contribution in [0.15, 0.2) is 6.07 Å². The van der Waals surface area contributed by atoms with Gasteiger partial charge in [0.25, 0.3) is 0 Å². The summed E-state index contributed by atoms with van der Waals surface area (Å²) in [7, 11) is 0. The lowest BCUT2D eigenvalue weighted by Gasteiger charge is -2.22. The maximum absolute atomic E-state index is 13.4. The first-order chi connectivity index (χ1) is 8.50. The van der Waals surface area contributed by atoms with Crippen molar-refractivity contribution in [3.05, 3.63) is 17.4 Å². The number of carbonyl (C=O) groups is 1. The number of phenolic OH excluding ortho intramolecular Hbond substituents is 1. The number of rotatable bonds is 3. The van der Waals surface area contributed by atoms with Crippen LogP contribution in [0.5, 0.6) is 17.2 Å². The van der Waals surface area contributed by atoms with Crippen molar-refractivity contribution in [3.8, 4) is 17.2 Å². The number of halogens is 1. The number of carboxylic acid groups (broad SMARTS) is 1. The molecule has 0 amide bonds. The number of ether oxygens (including phenoxy) is 2. The van der Waals surface area contributed by atoms with Crippen molar-refractivity contribution in [2.45, 2.75) is 12.5 Å². The van der Waals surface area contributed by atoms with E-state index in [4.69, 9.17) is 20.3 Å². The maximum atomic E-state index is 13.4. The number of phenols is 1. The van der Waals surface area contributed by atoms with Crippen molar-refractivity contribution < 1.29 is 28.9 Å². The van der Waals surface area contributed by atoms with Gasteiger partial charge in [-0.25, -0.2) is 4.39 Å². The van der Waals surface area contributed by atoms with Crippen LogP contribution in [0.1, 0.15) is 5.56 Å². The Balaban J connectivity index is 2.43. The standard InChI is InChI=1S/C11H12FNO5/c12-6-4-8-10(18-2-1-17-8)5(9(6)14)3-7(13)11(15)16/h4,7,14H,1-3,13H2,(H,15,16). The molecule has 4 N–H and O–H groups in total. The lowest BCUT2D eigenvalue weighted by molar-refractivity contribution is -0.138. The molecule has 1 atom stereocenters. The van der Waals surface area contributed by atoms with Crippen LogP contribution in [0.2, 0.25) is 0 Å². The lowest BCUT2D eigenvalue weighted by Crippen LogP contribution is -2.32. The van der Waals surface area contributed by atoms with Crippen molar-refractivity contribution in [3.63, 3.8) is 0 Å². The molecule has 0 fully saturated rings. The van der Waals surface area contributed by atoms with E-state index in [1.54, 1.807) is 0 Å². The molecule has 1 unspecified atom stereocenters. The third-order valence-corrected chi connectivity index (χ3v) is 2.60. The number of aromatic hydroxyl groups is 1. The minimum absolute atomic E-state index is 0.0135. The fraction of sp³-hybridized carbons (Fsp3) is 0.364. The van der Waals surface area contributed by atoms with E-state index in [2.05, 4.69) is 0 Å². The fourth-order valence-electron chi connectivity index (χ4n) is 1.71. The molecular formula is C11H12FNO5. The normalized spacial score (nSPS) is 15.2. The summed E-state index contributed by atoms with van der Waals surface area (Å²) in [6.45, 7) is 0.509.